The Balaban J connectivity index is 1.79. The van der Waals surface area contributed by atoms with Crippen molar-refractivity contribution in [2.24, 2.45) is 5.41 Å². The first-order valence-electron chi connectivity index (χ1n) is 7.65. The number of halogens is 1. The van der Waals surface area contributed by atoms with Gasteiger partial charge in [0.25, 0.3) is 0 Å². The highest BCUT2D eigenvalue weighted by Gasteiger charge is 2.73. The third kappa shape index (κ3) is 2.25. The fraction of sp³-hybridized carbons (Fsp3) is 0.222. The molecule has 1 saturated carbocycles. The first kappa shape index (κ1) is 16.7. The third-order valence-electron chi connectivity index (χ3n) is 4.74. The molecular formula is C18H11ClN2O4S. The summed E-state index contributed by atoms with van der Waals surface area (Å²) in [5.41, 5.74) is -1.09. The van der Waals surface area contributed by atoms with Gasteiger partial charge >= 0.3 is 0 Å². The quantitative estimate of drug-likeness (QED) is 0.803. The molecule has 2 aromatic carbocycles. The zero-order valence-electron chi connectivity index (χ0n) is 13.2. The maximum atomic E-state index is 13.1. The molecule has 0 aromatic heterocycles. The number of sulfone groups is 1. The van der Waals surface area contributed by atoms with Crippen molar-refractivity contribution < 1.29 is 17.9 Å². The molecule has 26 heavy (non-hydrogen) atoms. The highest BCUT2D eigenvalue weighted by molar-refractivity contribution is 7.92. The number of fused-ring (bicyclic) bond motifs is 1. The van der Waals surface area contributed by atoms with E-state index in [4.69, 9.17) is 21.1 Å². The Hall–Kier alpha value is -2.74. The van der Waals surface area contributed by atoms with Gasteiger partial charge in [-0.05, 0) is 42.0 Å². The molecule has 0 unspecified atom stereocenters. The smallest absolute Gasteiger partial charge is 0.231 e. The topological polar surface area (TPSA) is 100 Å². The monoisotopic (exact) mass is 386 g/mol. The fourth-order valence-corrected chi connectivity index (χ4v) is 5.71. The summed E-state index contributed by atoms with van der Waals surface area (Å²) in [6.07, 6.45) is 0. The van der Waals surface area contributed by atoms with Crippen LogP contribution in [0.3, 0.4) is 0 Å². The molecule has 0 bridgehead atoms. The van der Waals surface area contributed by atoms with Gasteiger partial charge in [-0.2, -0.15) is 10.5 Å². The van der Waals surface area contributed by atoms with Crippen LogP contribution in [0.5, 0.6) is 11.5 Å². The lowest BCUT2D eigenvalue weighted by Gasteiger charge is -2.04. The summed E-state index contributed by atoms with van der Waals surface area (Å²) in [6, 6.07) is 14.5. The van der Waals surface area contributed by atoms with E-state index in [9.17, 15) is 18.9 Å². The predicted octanol–water partition coefficient (Wildman–Crippen LogP) is 3.04. The zero-order valence-corrected chi connectivity index (χ0v) is 14.8. The standard InChI is InChI=1S/C18H11ClN2O4S/c19-12-2-4-13(5-3-12)26(22,23)17-16(18(17,8-20)9-21)11-1-6-14-15(7-11)25-10-24-14/h1-7,16-17H,10H2/t16-,17+/m0/s1. The van der Waals surface area contributed by atoms with Gasteiger partial charge in [-0.15, -0.1) is 0 Å². The van der Waals surface area contributed by atoms with Crippen LogP contribution in [0.2, 0.25) is 5.02 Å². The molecule has 2 atom stereocenters. The van der Waals surface area contributed by atoms with Gasteiger partial charge in [-0.25, -0.2) is 8.42 Å². The molecule has 130 valence electrons. The van der Waals surface area contributed by atoms with E-state index in [0.717, 1.165) is 0 Å². The molecule has 8 heteroatoms. The number of benzene rings is 2. The van der Waals surface area contributed by atoms with E-state index < -0.39 is 26.4 Å². The Bertz CT molecular complexity index is 1070. The Kier molecular flexibility index (Phi) is 3.62. The maximum absolute atomic E-state index is 13.1. The van der Waals surface area contributed by atoms with Crippen molar-refractivity contribution in [2.75, 3.05) is 6.79 Å². The molecule has 1 aliphatic carbocycles. The average Bonchev–Trinajstić information content (AvgIpc) is 3.12. The fourth-order valence-electron chi connectivity index (χ4n) is 3.39. The summed E-state index contributed by atoms with van der Waals surface area (Å²) in [6.45, 7) is 0.0810. The third-order valence-corrected chi connectivity index (χ3v) is 7.23. The molecule has 1 heterocycles. The number of ether oxygens (including phenoxy) is 2. The van der Waals surface area contributed by atoms with Gasteiger partial charge < -0.3 is 9.47 Å². The van der Waals surface area contributed by atoms with Crippen molar-refractivity contribution in [3.8, 4) is 23.6 Å². The second-order valence-electron chi connectivity index (χ2n) is 6.10. The summed E-state index contributed by atoms with van der Waals surface area (Å²) in [7, 11) is -3.90. The van der Waals surface area contributed by atoms with Gasteiger partial charge in [0.2, 0.25) is 6.79 Å². The minimum absolute atomic E-state index is 0.0324. The maximum Gasteiger partial charge on any atom is 0.231 e. The highest BCUT2D eigenvalue weighted by Crippen LogP contribution is 2.64. The molecule has 0 radical (unpaired) electrons. The van der Waals surface area contributed by atoms with Gasteiger partial charge in [0.05, 0.1) is 17.0 Å². The molecule has 0 amide bonds. The van der Waals surface area contributed by atoms with E-state index in [1.165, 1.54) is 24.3 Å². The second kappa shape index (κ2) is 5.63. The van der Waals surface area contributed by atoms with Crippen molar-refractivity contribution in [3.63, 3.8) is 0 Å². The van der Waals surface area contributed by atoms with Crippen molar-refractivity contribution in [1.82, 2.24) is 0 Å². The SMILES string of the molecule is N#CC1(C#N)[C@H](S(=O)(=O)c2ccc(Cl)cc2)[C@@H]1c1ccc2c(c1)OCO2. The van der Waals surface area contributed by atoms with Crippen LogP contribution in [-0.4, -0.2) is 20.5 Å². The largest absolute Gasteiger partial charge is 0.454 e. The molecule has 2 aromatic rings. The lowest BCUT2D eigenvalue weighted by molar-refractivity contribution is 0.174. The first-order chi connectivity index (χ1) is 12.4. The zero-order chi connectivity index (χ0) is 18.5. The number of hydrogen-bond donors (Lipinski definition) is 0. The van der Waals surface area contributed by atoms with Crippen LogP contribution in [-0.2, 0) is 9.84 Å². The van der Waals surface area contributed by atoms with Crippen molar-refractivity contribution in [3.05, 3.63) is 53.1 Å². The summed E-state index contributed by atoms with van der Waals surface area (Å²) < 4.78 is 36.7. The lowest BCUT2D eigenvalue weighted by atomic mass is 10.0. The van der Waals surface area contributed by atoms with Crippen molar-refractivity contribution >= 4 is 21.4 Å². The summed E-state index contributed by atoms with van der Waals surface area (Å²) in [5.74, 6) is 0.250. The van der Waals surface area contributed by atoms with Crippen LogP contribution >= 0.6 is 11.6 Å². The normalized spacial score (nSPS) is 22.3. The van der Waals surface area contributed by atoms with E-state index in [0.29, 0.717) is 22.1 Å². The average molecular weight is 387 g/mol. The molecule has 1 aliphatic heterocycles. The van der Waals surface area contributed by atoms with E-state index in [-0.39, 0.29) is 11.7 Å². The van der Waals surface area contributed by atoms with Gasteiger partial charge in [0.1, 0.15) is 5.25 Å². The highest BCUT2D eigenvalue weighted by atomic mass is 35.5. The number of rotatable bonds is 3. The lowest BCUT2D eigenvalue weighted by Crippen LogP contribution is -2.14. The van der Waals surface area contributed by atoms with Gasteiger partial charge in [-0.3, -0.25) is 0 Å². The molecule has 0 saturated heterocycles. The molecule has 0 N–H and O–H groups in total. The van der Waals surface area contributed by atoms with Crippen LogP contribution in [0, 0.1) is 28.1 Å². The molecule has 0 spiro atoms. The molecule has 1 fully saturated rings. The second-order valence-corrected chi connectivity index (χ2v) is 8.61. The molecule has 2 aliphatic rings. The van der Waals surface area contributed by atoms with Gasteiger partial charge in [0, 0.05) is 10.9 Å². The Morgan fingerprint density at radius 3 is 2.35 bits per heavy atom. The van der Waals surface area contributed by atoms with Gasteiger partial charge in [0.15, 0.2) is 26.8 Å². The summed E-state index contributed by atoms with van der Waals surface area (Å²) >= 11 is 5.82. The van der Waals surface area contributed by atoms with Crippen LogP contribution in [0.1, 0.15) is 11.5 Å². The van der Waals surface area contributed by atoms with E-state index >= 15 is 0 Å². The van der Waals surface area contributed by atoms with Crippen molar-refractivity contribution in [1.29, 1.82) is 10.5 Å². The Morgan fingerprint density at radius 2 is 1.69 bits per heavy atom. The Labute approximate surface area is 155 Å². The van der Waals surface area contributed by atoms with Crippen molar-refractivity contribution in [2.45, 2.75) is 16.1 Å². The van der Waals surface area contributed by atoms with E-state index in [1.807, 2.05) is 12.1 Å². The molecule has 4 rings (SSSR count). The number of hydrogen-bond acceptors (Lipinski definition) is 6. The summed E-state index contributed by atoms with van der Waals surface area (Å²) in [4.78, 5) is 0.0324. The molecule has 6 nitrogen and oxygen atoms in total. The predicted molar refractivity (Wildman–Crippen MR) is 91.4 cm³/mol. The summed E-state index contributed by atoms with van der Waals surface area (Å²) in [5, 5.41) is 18.4. The van der Waals surface area contributed by atoms with Crippen LogP contribution in [0.15, 0.2) is 47.4 Å². The van der Waals surface area contributed by atoms with E-state index in [1.54, 1.807) is 18.2 Å². The number of nitriles is 2. The Morgan fingerprint density at radius 1 is 1.04 bits per heavy atom. The van der Waals surface area contributed by atoms with Crippen LogP contribution in [0.25, 0.3) is 0 Å². The minimum Gasteiger partial charge on any atom is -0.454 e. The number of nitrogens with zero attached hydrogens (tertiary/aromatic N) is 2. The molecular weight excluding hydrogens is 376 g/mol. The first-order valence-corrected chi connectivity index (χ1v) is 9.58. The van der Waals surface area contributed by atoms with Gasteiger partial charge in [-0.1, -0.05) is 17.7 Å². The minimum atomic E-state index is -3.90. The van der Waals surface area contributed by atoms with Crippen LogP contribution in [0.4, 0.5) is 0 Å². The van der Waals surface area contributed by atoms with Crippen LogP contribution < -0.4 is 9.47 Å². The van der Waals surface area contributed by atoms with E-state index in [2.05, 4.69) is 0 Å².